The Balaban J connectivity index is 1.73. The molecule has 1 aliphatic carbocycles. The molecule has 1 fully saturated rings. The summed E-state index contributed by atoms with van der Waals surface area (Å²) in [5, 5.41) is 5.03. The minimum absolute atomic E-state index is 0.629. The summed E-state index contributed by atoms with van der Waals surface area (Å²) in [5.74, 6) is 0.962. The Morgan fingerprint density at radius 1 is 1.14 bits per heavy atom. The van der Waals surface area contributed by atoms with E-state index < -0.39 is 0 Å². The molecule has 3 rings (SSSR count). The van der Waals surface area contributed by atoms with Gasteiger partial charge in [0.1, 0.15) is 0 Å². The third-order valence-electron chi connectivity index (χ3n) is 4.87. The molecule has 0 atom stereocenters. The summed E-state index contributed by atoms with van der Waals surface area (Å²) < 4.78 is 0. The number of benzene rings is 1. The predicted molar refractivity (Wildman–Crippen MR) is 90.8 cm³/mol. The Labute approximate surface area is 128 Å². The van der Waals surface area contributed by atoms with Gasteiger partial charge in [-0.25, -0.2) is 0 Å². The molecule has 0 bridgehead atoms. The average molecular weight is 282 g/mol. The van der Waals surface area contributed by atoms with Gasteiger partial charge in [-0.15, -0.1) is 0 Å². The maximum absolute atomic E-state index is 4.53. The second-order valence-electron chi connectivity index (χ2n) is 6.48. The van der Waals surface area contributed by atoms with Crippen LogP contribution in [0.1, 0.15) is 51.0 Å². The predicted octanol–water partition coefficient (Wildman–Crippen LogP) is 5.31. The largest absolute Gasteiger partial charge is 0.382 e. The minimum atomic E-state index is 0.629. The van der Waals surface area contributed by atoms with Crippen LogP contribution in [0.25, 0.3) is 10.9 Å². The van der Waals surface area contributed by atoms with Gasteiger partial charge in [0.2, 0.25) is 0 Å². The molecule has 112 valence electrons. The van der Waals surface area contributed by atoms with Crippen molar-refractivity contribution in [3.05, 3.63) is 36.0 Å². The van der Waals surface area contributed by atoms with Gasteiger partial charge < -0.3 is 5.32 Å². The molecule has 1 aromatic heterocycles. The van der Waals surface area contributed by atoms with Crippen LogP contribution >= 0.6 is 0 Å². The van der Waals surface area contributed by atoms with Gasteiger partial charge in [-0.05, 0) is 62.3 Å². The lowest BCUT2D eigenvalue weighted by molar-refractivity contribution is 0.319. The van der Waals surface area contributed by atoms with Crippen molar-refractivity contribution in [2.75, 3.05) is 5.32 Å². The monoisotopic (exact) mass is 282 g/mol. The third kappa shape index (κ3) is 3.20. The molecule has 0 amide bonds. The van der Waals surface area contributed by atoms with Crippen LogP contribution in [0.5, 0.6) is 0 Å². The normalized spacial score (nSPS) is 22.4. The molecule has 1 saturated carbocycles. The Kier molecular flexibility index (Phi) is 4.42. The molecular formula is C19H26N2. The molecule has 2 aromatic rings. The van der Waals surface area contributed by atoms with Gasteiger partial charge in [-0.1, -0.05) is 25.8 Å². The maximum atomic E-state index is 4.53. The van der Waals surface area contributed by atoms with E-state index in [1.165, 1.54) is 55.2 Å². The van der Waals surface area contributed by atoms with E-state index in [0.717, 1.165) is 11.4 Å². The summed E-state index contributed by atoms with van der Waals surface area (Å²) in [7, 11) is 0. The van der Waals surface area contributed by atoms with Gasteiger partial charge in [-0.2, -0.15) is 0 Å². The zero-order valence-electron chi connectivity index (χ0n) is 13.2. The first-order valence-electron chi connectivity index (χ1n) is 8.38. The Bertz CT molecular complexity index is 598. The number of pyridine rings is 1. The summed E-state index contributed by atoms with van der Waals surface area (Å²) in [5.41, 5.74) is 3.63. The Morgan fingerprint density at radius 3 is 2.71 bits per heavy atom. The van der Waals surface area contributed by atoms with Gasteiger partial charge in [0.25, 0.3) is 0 Å². The molecule has 1 N–H and O–H groups in total. The fourth-order valence-electron chi connectivity index (χ4n) is 3.66. The molecule has 0 radical (unpaired) electrons. The van der Waals surface area contributed by atoms with Crippen molar-refractivity contribution < 1.29 is 0 Å². The summed E-state index contributed by atoms with van der Waals surface area (Å²) in [6.07, 6.45) is 10.00. The van der Waals surface area contributed by atoms with Gasteiger partial charge in [-0.3, -0.25) is 4.98 Å². The highest BCUT2D eigenvalue weighted by atomic mass is 14.9. The van der Waals surface area contributed by atoms with Crippen molar-refractivity contribution in [2.24, 2.45) is 5.92 Å². The number of fused-ring (bicyclic) bond motifs is 1. The van der Waals surface area contributed by atoms with Crippen molar-refractivity contribution >= 4 is 16.6 Å². The lowest BCUT2D eigenvalue weighted by Gasteiger charge is -2.30. The van der Waals surface area contributed by atoms with Gasteiger partial charge in [0.15, 0.2) is 0 Å². The fourth-order valence-corrected chi connectivity index (χ4v) is 3.66. The van der Waals surface area contributed by atoms with E-state index in [0.29, 0.717) is 6.04 Å². The second kappa shape index (κ2) is 6.46. The number of aromatic nitrogens is 1. The molecule has 21 heavy (non-hydrogen) atoms. The van der Waals surface area contributed by atoms with Crippen LogP contribution < -0.4 is 5.32 Å². The molecular weight excluding hydrogens is 256 g/mol. The quantitative estimate of drug-likeness (QED) is 0.821. The van der Waals surface area contributed by atoms with Crippen LogP contribution in [0, 0.1) is 12.8 Å². The highest BCUT2D eigenvalue weighted by Gasteiger charge is 2.20. The average Bonchev–Trinajstić information content (AvgIpc) is 2.52. The summed E-state index contributed by atoms with van der Waals surface area (Å²) in [6, 6.07) is 9.24. The van der Waals surface area contributed by atoms with Crippen LogP contribution in [0.2, 0.25) is 0 Å². The molecule has 1 aliphatic rings. The van der Waals surface area contributed by atoms with Crippen LogP contribution in [-0.4, -0.2) is 11.0 Å². The highest BCUT2D eigenvalue weighted by molar-refractivity contribution is 5.93. The highest BCUT2D eigenvalue weighted by Crippen LogP contribution is 2.31. The first-order valence-corrected chi connectivity index (χ1v) is 8.38. The fraction of sp³-hybridized carbons (Fsp3) is 0.526. The number of rotatable bonds is 4. The van der Waals surface area contributed by atoms with E-state index in [1.54, 1.807) is 0 Å². The number of nitrogens with zero attached hydrogens (tertiary/aromatic N) is 1. The lowest BCUT2D eigenvalue weighted by Crippen LogP contribution is -2.26. The van der Waals surface area contributed by atoms with Crippen LogP contribution in [-0.2, 0) is 0 Å². The molecule has 1 heterocycles. The zero-order chi connectivity index (χ0) is 14.7. The summed E-state index contributed by atoms with van der Waals surface area (Å²) in [6.45, 7) is 4.44. The van der Waals surface area contributed by atoms with Crippen molar-refractivity contribution in [1.82, 2.24) is 4.98 Å². The van der Waals surface area contributed by atoms with Crippen LogP contribution in [0.3, 0.4) is 0 Å². The molecule has 2 heteroatoms. The van der Waals surface area contributed by atoms with Gasteiger partial charge in [0, 0.05) is 23.3 Å². The summed E-state index contributed by atoms with van der Waals surface area (Å²) >= 11 is 0. The molecule has 0 unspecified atom stereocenters. The number of hydrogen-bond acceptors (Lipinski definition) is 2. The van der Waals surface area contributed by atoms with Crippen molar-refractivity contribution in [3.8, 4) is 0 Å². The SMILES string of the molecule is CCCC1CCC(Nc2ccc(C)c3ncccc23)CC1. The number of nitrogens with one attached hydrogen (secondary N) is 1. The number of aryl methyl sites for hydroxylation is 1. The molecule has 0 aliphatic heterocycles. The number of hydrogen-bond donors (Lipinski definition) is 1. The Morgan fingerprint density at radius 2 is 1.95 bits per heavy atom. The van der Waals surface area contributed by atoms with Crippen molar-refractivity contribution in [1.29, 1.82) is 0 Å². The van der Waals surface area contributed by atoms with Gasteiger partial charge in [0.05, 0.1) is 5.52 Å². The summed E-state index contributed by atoms with van der Waals surface area (Å²) in [4.78, 5) is 4.53. The van der Waals surface area contributed by atoms with E-state index in [-0.39, 0.29) is 0 Å². The smallest absolute Gasteiger partial charge is 0.0751 e. The van der Waals surface area contributed by atoms with E-state index in [4.69, 9.17) is 0 Å². The van der Waals surface area contributed by atoms with Crippen LogP contribution in [0.15, 0.2) is 30.5 Å². The Hall–Kier alpha value is -1.57. The van der Waals surface area contributed by atoms with Crippen molar-refractivity contribution in [3.63, 3.8) is 0 Å². The van der Waals surface area contributed by atoms with E-state index in [2.05, 4.69) is 42.3 Å². The molecule has 2 nitrogen and oxygen atoms in total. The van der Waals surface area contributed by atoms with E-state index in [9.17, 15) is 0 Å². The topological polar surface area (TPSA) is 24.9 Å². The minimum Gasteiger partial charge on any atom is -0.382 e. The van der Waals surface area contributed by atoms with Gasteiger partial charge >= 0.3 is 0 Å². The zero-order valence-corrected chi connectivity index (χ0v) is 13.2. The van der Waals surface area contributed by atoms with E-state index >= 15 is 0 Å². The maximum Gasteiger partial charge on any atom is 0.0751 e. The molecule has 0 saturated heterocycles. The second-order valence-corrected chi connectivity index (χ2v) is 6.48. The number of anilines is 1. The lowest BCUT2D eigenvalue weighted by atomic mass is 9.83. The standard InChI is InChI=1S/C19H26N2/c1-3-5-15-8-10-16(11-9-15)21-18-12-7-14(2)19-17(18)6-4-13-20-19/h4,6-7,12-13,15-16,21H,3,5,8-11H2,1-2H3. The third-order valence-corrected chi connectivity index (χ3v) is 4.87. The van der Waals surface area contributed by atoms with Crippen LogP contribution in [0.4, 0.5) is 5.69 Å². The molecule has 1 aromatic carbocycles. The van der Waals surface area contributed by atoms with Crippen molar-refractivity contribution in [2.45, 2.75) is 58.4 Å². The van der Waals surface area contributed by atoms with E-state index in [1.807, 2.05) is 12.3 Å². The molecule has 0 spiro atoms. The first-order chi connectivity index (χ1) is 10.3. The first kappa shape index (κ1) is 14.4.